The lowest BCUT2D eigenvalue weighted by Crippen LogP contribution is -2.31. The van der Waals surface area contributed by atoms with Crippen LogP contribution in [0.25, 0.3) is 0 Å². The van der Waals surface area contributed by atoms with Crippen molar-refractivity contribution in [2.45, 2.75) is 13.0 Å². The molecule has 0 heterocycles. The molecule has 0 aliphatic rings. The van der Waals surface area contributed by atoms with Gasteiger partial charge in [0.2, 0.25) is 0 Å². The minimum atomic E-state index is -0.175. The summed E-state index contributed by atoms with van der Waals surface area (Å²) in [5, 5.41) is 10.5. The highest BCUT2D eigenvalue weighted by atomic mass is 32.1. The molecule has 1 amide bonds. The number of hydrogen-bond acceptors (Lipinski definition) is 4. The normalized spacial score (nSPS) is 11.5. The minimum Gasteiger partial charge on any atom is -0.484 e. The van der Waals surface area contributed by atoms with Crippen molar-refractivity contribution in [3.05, 3.63) is 96.1 Å². The van der Waals surface area contributed by atoms with Gasteiger partial charge in [-0.2, -0.15) is 5.10 Å². The number of hydrazone groups is 1. The van der Waals surface area contributed by atoms with Gasteiger partial charge in [0.1, 0.15) is 5.75 Å². The average Bonchev–Trinajstić information content (AvgIpc) is 2.80. The van der Waals surface area contributed by atoms with E-state index in [1.807, 2.05) is 79.7 Å². The molecule has 1 atom stereocenters. The fraction of sp³-hybridized carbons (Fsp3) is 0.125. The van der Waals surface area contributed by atoms with Crippen LogP contribution < -0.4 is 20.8 Å². The van der Waals surface area contributed by atoms with Crippen LogP contribution in [0.5, 0.6) is 5.75 Å². The minimum absolute atomic E-state index is 0.0500. The third-order valence-corrected chi connectivity index (χ3v) is 4.53. The number of ether oxygens (including phenoxy) is 1. The standard InChI is InChI=1S/C24H24N4O2S/c1-18(20-8-4-2-5-9-20)26-23(29)17-30-22-14-12-19(13-15-22)16-25-28-24(31)27-21-10-6-3-7-11-21/h2-16,18H,17H2,1H3,(H,26,29)(H2,27,28,31)/b25-16-/t18-/m1/s1. The molecular formula is C24H24N4O2S. The quantitative estimate of drug-likeness (QED) is 0.282. The number of benzene rings is 3. The Kier molecular flexibility index (Phi) is 8.13. The maximum atomic E-state index is 12.1. The summed E-state index contributed by atoms with van der Waals surface area (Å²) < 4.78 is 5.57. The lowest BCUT2D eigenvalue weighted by atomic mass is 10.1. The Bertz CT molecular complexity index is 1010. The van der Waals surface area contributed by atoms with E-state index in [1.165, 1.54) is 0 Å². The van der Waals surface area contributed by atoms with Crippen molar-refractivity contribution in [3.8, 4) is 5.75 Å². The number of rotatable bonds is 8. The first-order chi connectivity index (χ1) is 15.1. The van der Waals surface area contributed by atoms with Gasteiger partial charge in [-0.25, -0.2) is 0 Å². The van der Waals surface area contributed by atoms with Crippen LogP contribution in [0, 0.1) is 0 Å². The number of nitrogens with one attached hydrogen (secondary N) is 3. The van der Waals surface area contributed by atoms with E-state index in [2.05, 4.69) is 21.2 Å². The number of carbonyl (C=O) groups excluding carboxylic acids is 1. The molecule has 0 aromatic heterocycles. The van der Waals surface area contributed by atoms with Gasteiger partial charge in [0.05, 0.1) is 12.3 Å². The highest BCUT2D eigenvalue weighted by molar-refractivity contribution is 7.80. The third kappa shape index (κ3) is 7.56. The number of thiocarbonyl (C=S) groups is 1. The monoisotopic (exact) mass is 432 g/mol. The summed E-state index contributed by atoms with van der Waals surface area (Å²) in [6.07, 6.45) is 1.65. The summed E-state index contributed by atoms with van der Waals surface area (Å²) in [7, 11) is 0. The first-order valence-corrected chi connectivity index (χ1v) is 10.2. The van der Waals surface area contributed by atoms with Crippen LogP contribution >= 0.6 is 12.2 Å². The second-order valence-corrected chi connectivity index (χ2v) is 7.16. The summed E-state index contributed by atoms with van der Waals surface area (Å²) in [4.78, 5) is 12.1. The molecule has 7 heteroatoms. The van der Waals surface area contributed by atoms with Crippen LogP contribution in [0.3, 0.4) is 0 Å². The van der Waals surface area contributed by atoms with Gasteiger partial charge in [-0.05, 0) is 66.7 Å². The Labute approximate surface area is 187 Å². The first kappa shape index (κ1) is 22.0. The predicted octanol–water partition coefficient (Wildman–Crippen LogP) is 4.26. The molecule has 31 heavy (non-hydrogen) atoms. The van der Waals surface area contributed by atoms with E-state index in [-0.39, 0.29) is 18.6 Å². The summed E-state index contributed by atoms with van der Waals surface area (Å²) >= 11 is 5.20. The van der Waals surface area contributed by atoms with Crippen LogP contribution in [0.4, 0.5) is 5.69 Å². The number of carbonyl (C=O) groups is 1. The van der Waals surface area contributed by atoms with Crippen LogP contribution in [-0.2, 0) is 4.79 Å². The highest BCUT2D eigenvalue weighted by Crippen LogP contribution is 2.13. The lowest BCUT2D eigenvalue weighted by molar-refractivity contribution is -0.123. The second kappa shape index (κ2) is 11.5. The van der Waals surface area contributed by atoms with Gasteiger partial charge in [0.15, 0.2) is 11.7 Å². The van der Waals surface area contributed by atoms with E-state index in [4.69, 9.17) is 17.0 Å². The molecule has 158 valence electrons. The molecule has 3 rings (SSSR count). The van der Waals surface area contributed by atoms with Crippen LogP contribution in [0.15, 0.2) is 90.0 Å². The Morgan fingerprint density at radius 2 is 1.65 bits per heavy atom. The van der Waals surface area contributed by atoms with Crippen molar-refractivity contribution in [2.75, 3.05) is 11.9 Å². The van der Waals surface area contributed by atoms with Gasteiger partial charge in [0.25, 0.3) is 5.91 Å². The van der Waals surface area contributed by atoms with Crippen LogP contribution in [0.1, 0.15) is 24.1 Å². The lowest BCUT2D eigenvalue weighted by Gasteiger charge is -2.14. The van der Waals surface area contributed by atoms with Crippen LogP contribution in [0.2, 0.25) is 0 Å². The van der Waals surface area contributed by atoms with Gasteiger partial charge in [-0.3, -0.25) is 10.2 Å². The van der Waals surface area contributed by atoms with Crippen molar-refractivity contribution in [1.82, 2.24) is 10.7 Å². The molecule has 0 unspecified atom stereocenters. The molecule has 0 saturated carbocycles. The van der Waals surface area contributed by atoms with E-state index < -0.39 is 0 Å². The Balaban J connectivity index is 1.40. The van der Waals surface area contributed by atoms with Crippen molar-refractivity contribution in [1.29, 1.82) is 0 Å². The number of anilines is 1. The molecule has 0 aliphatic heterocycles. The van der Waals surface area contributed by atoms with Gasteiger partial charge >= 0.3 is 0 Å². The highest BCUT2D eigenvalue weighted by Gasteiger charge is 2.09. The topological polar surface area (TPSA) is 74.8 Å². The van der Waals surface area contributed by atoms with E-state index in [0.29, 0.717) is 10.9 Å². The number of amides is 1. The zero-order valence-electron chi connectivity index (χ0n) is 17.1. The molecule has 3 aromatic rings. The number of hydrogen-bond donors (Lipinski definition) is 3. The molecule has 0 aliphatic carbocycles. The predicted molar refractivity (Wildman–Crippen MR) is 128 cm³/mol. The van der Waals surface area contributed by atoms with E-state index in [1.54, 1.807) is 18.3 Å². The molecule has 0 bridgehead atoms. The maximum Gasteiger partial charge on any atom is 0.258 e. The molecular weight excluding hydrogens is 408 g/mol. The smallest absolute Gasteiger partial charge is 0.258 e. The van der Waals surface area contributed by atoms with Crippen molar-refractivity contribution in [3.63, 3.8) is 0 Å². The van der Waals surface area contributed by atoms with Crippen molar-refractivity contribution < 1.29 is 9.53 Å². The summed E-state index contributed by atoms with van der Waals surface area (Å²) in [5.41, 5.74) is 5.57. The maximum absolute atomic E-state index is 12.1. The Hall–Kier alpha value is -3.71. The van der Waals surface area contributed by atoms with Crippen molar-refractivity contribution >= 4 is 35.1 Å². The largest absolute Gasteiger partial charge is 0.484 e. The third-order valence-electron chi connectivity index (χ3n) is 4.34. The zero-order valence-corrected chi connectivity index (χ0v) is 17.9. The fourth-order valence-corrected chi connectivity index (χ4v) is 2.92. The van der Waals surface area contributed by atoms with Gasteiger partial charge in [0, 0.05) is 5.69 Å². The molecule has 0 spiro atoms. The Morgan fingerprint density at radius 3 is 2.32 bits per heavy atom. The number of nitrogens with zero attached hydrogens (tertiary/aromatic N) is 1. The summed E-state index contributed by atoms with van der Waals surface area (Å²) in [6, 6.07) is 26.6. The fourth-order valence-electron chi connectivity index (χ4n) is 2.75. The summed E-state index contributed by atoms with van der Waals surface area (Å²) in [5.74, 6) is 0.430. The van der Waals surface area contributed by atoms with Gasteiger partial charge < -0.3 is 15.4 Å². The first-order valence-electron chi connectivity index (χ1n) is 9.82. The molecule has 0 radical (unpaired) electrons. The van der Waals surface area contributed by atoms with Crippen LogP contribution in [-0.4, -0.2) is 23.8 Å². The second-order valence-electron chi connectivity index (χ2n) is 6.75. The van der Waals surface area contributed by atoms with Gasteiger partial charge in [-0.1, -0.05) is 48.5 Å². The molecule has 3 N–H and O–H groups in total. The molecule has 0 saturated heterocycles. The summed E-state index contributed by atoms with van der Waals surface area (Å²) in [6.45, 7) is 1.89. The zero-order chi connectivity index (χ0) is 21.9. The molecule has 3 aromatic carbocycles. The average molecular weight is 433 g/mol. The van der Waals surface area contributed by atoms with Crippen molar-refractivity contribution in [2.24, 2.45) is 5.10 Å². The Morgan fingerprint density at radius 1 is 1.00 bits per heavy atom. The van der Waals surface area contributed by atoms with E-state index in [9.17, 15) is 4.79 Å². The van der Waals surface area contributed by atoms with E-state index >= 15 is 0 Å². The number of para-hydroxylation sites is 1. The van der Waals surface area contributed by atoms with E-state index in [0.717, 1.165) is 16.8 Å². The van der Waals surface area contributed by atoms with Gasteiger partial charge in [-0.15, -0.1) is 0 Å². The molecule has 0 fully saturated rings. The molecule has 6 nitrogen and oxygen atoms in total. The SMILES string of the molecule is C[C@@H](NC(=O)COc1ccc(/C=N\NC(=S)Nc2ccccc2)cc1)c1ccccc1.